The van der Waals surface area contributed by atoms with Crippen LogP contribution in [0.2, 0.25) is 0 Å². The van der Waals surface area contributed by atoms with Gasteiger partial charge in [0.2, 0.25) is 0 Å². The first-order chi connectivity index (χ1) is 38.0. The smallest absolute Gasteiger partial charge is 0.306 e. The molecule has 0 fully saturated rings. The maximum Gasteiger partial charge on any atom is 0.306 e. The summed E-state index contributed by atoms with van der Waals surface area (Å²) < 4.78 is 16.9. The molecule has 6 heteroatoms. The van der Waals surface area contributed by atoms with E-state index in [-0.39, 0.29) is 31.1 Å². The van der Waals surface area contributed by atoms with Crippen LogP contribution in [0.3, 0.4) is 0 Å². The summed E-state index contributed by atoms with van der Waals surface area (Å²) >= 11 is 0. The van der Waals surface area contributed by atoms with Gasteiger partial charge in [-0.15, -0.1) is 0 Å². The van der Waals surface area contributed by atoms with Crippen LogP contribution in [-0.4, -0.2) is 37.2 Å². The second kappa shape index (κ2) is 63.8. The first-order valence-corrected chi connectivity index (χ1v) is 31.3. The van der Waals surface area contributed by atoms with Crippen molar-refractivity contribution in [2.45, 2.75) is 271 Å². The molecule has 0 aromatic rings. The van der Waals surface area contributed by atoms with Gasteiger partial charge < -0.3 is 14.2 Å². The number of carbonyl (C=O) groups is 3. The average Bonchev–Trinajstić information content (AvgIpc) is 3.43. The molecular formula is C71H114O6. The lowest BCUT2D eigenvalue weighted by Gasteiger charge is -2.18. The van der Waals surface area contributed by atoms with Gasteiger partial charge in [0.1, 0.15) is 13.2 Å². The first-order valence-electron chi connectivity index (χ1n) is 31.3. The summed E-state index contributed by atoms with van der Waals surface area (Å²) in [6, 6.07) is 0. The fraction of sp³-hybridized carbons (Fsp3) is 0.620. The molecule has 0 rings (SSSR count). The van der Waals surface area contributed by atoms with Crippen molar-refractivity contribution in [3.05, 3.63) is 146 Å². The predicted molar refractivity (Wildman–Crippen MR) is 334 cm³/mol. The van der Waals surface area contributed by atoms with Crippen LogP contribution in [0, 0.1) is 0 Å². The van der Waals surface area contributed by atoms with Gasteiger partial charge in [-0.05, 0) is 141 Å². The van der Waals surface area contributed by atoms with Gasteiger partial charge in [-0.1, -0.05) is 250 Å². The minimum Gasteiger partial charge on any atom is -0.462 e. The molecule has 0 aromatic carbocycles. The van der Waals surface area contributed by atoms with Crippen molar-refractivity contribution in [3.8, 4) is 0 Å². The Hall–Kier alpha value is -4.71. The number of carbonyl (C=O) groups excluding carboxylic acids is 3. The maximum atomic E-state index is 12.9. The normalized spacial score (nSPS) is 13.1. The van der Waals surface area contributed by atoms with Gasteiger partial charge in [0.05, 0.1) is 0 Å². The first kappa shape index (κ1) is 72.3. The van der Waals surface area contributed by atoms with E-state index in [1.54, 1.807) is 0 Å². The zero-order valence-electron chi connectivity index (χ0n) is 49.7. The predicted octanol–water partition coefficient (Wildman–Crippen LogP) is 21.5. The lowest BCUT2D eigenvalue weighted by Crippen LogP contribution is -2.30. The molecule has 0 amide bonds. The molecule has 77 heavy (non-hydrogen) atoms. The Morgan fingerprint density at radius 3 is 0.805 bits per heavy atom. The van der Waals surface area contributed by atoms with E-state index in [9.17, 15) is 14.4 Å². The number of rotatable bonds is 55. The van der Waals surface area contributed by atoms with Gasteiger partial charge in [0, 0.05) is 19.3 Å². The highest BCUT2D eigenvalue weighted by Crippen LogP contribution is 2.14. The van der Waals surface area contributed by atoms with E-state index < -0.39 is 6.10 Å². The third-order valence-electron chi connectivity index (χ3n) is 12.8. The van der Waals surface area contributed by atoms with E-state index in [1.807, 2.05) is 0 Å². The number of hydrogen-bond acceptors (Lipinski definition) is 6. The van der Waals surface area contributed by atoms with Gasteiger partial charge in [-0.25, -0.2) is 0 Å². The van der Waals surface area contributed by atoms with Gasteiger partial charge >= 0.3 is 17.9 Å². The van der Waals surface area contributed by atoms with E-state index in [0.717, 1.165) is 173 Å². The number of allylic oxidation sites excluding steroid dienone is 24. The van der Waals surface area contributed by atoms with E-state index in [1.165, 1.54) is 51.4 Å². The highest BCUT2D eigenvalue weighted by Gasteiger charge is 2.19. The number of esters is 3. The molecule has 434 valence electrons. The molecule has 1 unspecified atom stereocenters. The molecule has 1 atom stereocenters. The van der Waals surface area contributed by atoms with Crippen LogP contribution in [0.5, 0.6) is 0 Å². The van der Waals surface area contributed by atoms with Crippen LogP contribution in [0.1, 0.15) is 265 Å². The van der Waals surface area contributed by atoms with Crippen LogP contribution in [0.4, 0.5) is 0 Å². The van der Waals surface area contributed by atoms with Crippen LogP contribution >= 0.6 is 0 Å². The van der Waals surface area contributed by atoms with Crippen LogP contribution in [-0.2, 0) is 28.6 Å². The van der Waals surface area contributed by atoms with Gasteiger partial charge in [0.25, 0.3) is 0 Å². The molecule has 0 spiro atoms. The summed E-state index contributed by atoms with van der Waals surface area (Å²) in [6.45, 7) is 6.36. The largest absolute Gasteiger partial charge is 0.462 e. The molecule has 0 heterocycles. The van der Waals surface area contributed by atoms with E-state index >= 15 is 0 Å². The Morgan fingerprint density at radius 2 is 0.506 bits per heavy atom. The van der Waals surface area contributed by atoms with Crippen molar-refractivity contribution in [2.75, 3.05) is 13.2 Å². The summed E-state index contributed by atoms with van der Waals surface area (Å²) in [4.78, 5) is 38.2. The third-order valence-corrected chi connectivity index (χ3v) is 12.8. The van der Waals surface area contributed by atoms with E-state index in [0.29, 0.717) is 19.3 Å². The lowest BCUT2D eigenvalue weighted by atomic mass is 10.1. The quantitative estimate of drug-likeness (QED) is 0.0261. The number of hydrogen-bond donors (Lipinski definition) is 0. The molecule has 6 nitrogen and oxygen atoms in total. The molecule has 0 saturated heterocycles. The number of unbranched alkanes of at least 4 members (excludes halogenated alkanes) is 20. The second-order valence-electron chi connectivity index (χ2n) is 20.2. The fourth-order valence-corrected chi connectivity index (χ4v) is 8.17. The third kappa shape index (κ3) is 62.0. The van der Waals surface area contributed by atoms with Gasteiger partial charge in [-0.3, -0.25) is 14.4 Å². The lowest BCUT2D eigenvalue weighted by molar-refractivity contribution is -0.167. The van der Waals surface area contributed by atoms with Crippen molar-refractivity contribution >= 4 is 17.9 Å². The summed E-state index contributed by atoms with van der Waals surface area (Å²) in [5, 5.41) is 0. The van der Waals surface area contributed by atoms with Crippen molar-refractivity contribution in [1.29, 1.82) is 0 Å². The Kier molecular flexibility index (Phi) is 59.9. The summed E-state index contributed by atoms with van der Waals surface area (Å²) in [5.74, 6) is -0.941. The maximum absolute atomic E-state index is 12.9. The average molecular weight is 1060 g/mol. The molecule has 0 saturated carbocycles. The Morgan fingerprint density at radius 1 is 0.273 bits per heavy atom. The molecule has 0 aliphatic carbocycles. The molecule has 0 radical (unpaired) electrons. The molecule has 0 aromatic heterocycles. The standard InChI is InChI=1S/C71H114O6/c1-4-7-10-13-16-19-22-25-27-28-29-30-31-32-33-34-35-36-37-38-39-40-41-42-44-46-49-52-55-58-61-64-70(73)76-67-68(66-75-69(72)63-60-57-54-51-48-45-24-21-18-15-12-9-6-3)77-71(74)65-62-59-56-53-50-47-43-26-23-20-17-14-11-8-5-2/h7-8,10-11,16-17,19-21,24-27,29-30,32-33,35-36,38-39,41-43,68H,4-6,9,12-15,18,22-23,28,31,34,37,40,44-67H2,1-3H3/b10-7-,11-8-,19-16-,20-17-,24-21-,27-25-,30-29-,33-32-,36-35-,39-38-,42-41-,43-26-. The van der Waals surface area contributed by atoms with Crippen molar-refractivity contribution in [2.24, 2.45) is 0 Å². The summed E-state index contributed by atoms with van der Waals surface area (Å²) in [5.41, 5.74) is 0. The molecule has 0 bridgehead atoms. The molecule has 0 aliphatic rings. The zero-order chi connectivity index (χ0) is 55.7. The van der Waals surface area contributed by atoms with Crippen LogP contribution in [0.15, 0.2) is 146 Å². The summed E-state index contributed by atoms with van der Waals surface area (Å²) in [6.07, 6.45) is 91.3. The SMILES string of the molecule is CC/C=C\C/C=C\C/C=C\C/C=C\C/C=C\C/C=C\C/C=C\C/C=C\CCCCCCCCC(=O)OCC(COC(=O)CCCCCCC/C=C\CCCCCC)OC(=O)CCCCCCC/C=C\C/C=C\C/C=C\CC. The highest BCUT2D eigenvalue weighted by molar-refractivity contribution is 5.71. The van der Waals surface area contributed by atoms with Crippen LogP contribution in [0.25, 0.3) is 0 Å². The zero-order valence-corrected chi connectivity index (χ0v) is 49.7. The van der Waals surface area contributed by atoms with Crippen LogP contribution < -0.4 is 0 Å². The minimum absolute atomic E-state index is 0.0984. The molecule has 0 N–H and O–H groups in total. The van der Waals surface area contributed by atoms with Crippen molar-refractivity contribution < 1.29 is 28.6 Å². The minimum atomic E-state index is -0.803. The van der Waals surface area contributed by atoms with Gasteiger partial charge in [0.15, 0.2) is 6.10 Å². The Labute approximate surface area is 474 Å². The topological polar surface area (TPSA) is 78.9 Å². The Bertz CT molecular complexity index is 1700. The number of ether oxygens (including phenoxy) is 3. The molecule has 0 aliphatic heterocycles. The van der Waals surface area contributed by atoms with Crippen molar-refractivity contribution in [1.82, 2.24) is 0 Å². The van der Waals surface area contributed by atoms with E-state index in [2.05, 4.69) is 167 Å². The fourth-order valence-electron chi connectivity index (χ4n) is 8.17. The second-order valence-corrected chi connectivity index (χ2v) is 20.2. The highest BCUT2D eigenvalue weighted by atomic mass is 16.6. The van der Waals surface area contributed by atoms with E-state index in [4.69, 9.17) is 14.2 Å². The van der Waals surface area contributed by atoms with Crippen molar-refractivity contribution in [3.63, 3.8) is 0 Å². The molecular weight excluding hydrogens is 949 g/mol. The Balaban J connectivity index is 4.35. The summed E-state index contributed by atoms with van der Waals surface area (Å²) in [7, 11) is 0. The van der Waals surface area contributed by atoms with Gasteiger partial charge in [-0.2, -0.15) is 0 Å². The monoisotopic (exact) mass is 1060 g/mol.